The van der Waals surface area contributed by atoms with Crippen LogP contribution in [0.5, 0.6) is 0 Å². The molecule has 0 spiro atoms. The smallest absolute Gasteiger partial charge is 0.234 e. The minimum atomic E-state index is 0. The number of nitrogens with one attached hydrogen (secondary N) is 1. The van der Waals surface area contributed by atoms with Gasteiger partial charge in [0.15, 0.2) is 0 Å². The summed E-state index contributed by atoms with van der Waals surface area (Å²) in [6.07, 6.45) is 3.47. The van der Waals surface area contributed by atoms with Crippen LogP contribution < -0.4 is 11.1 Å². The standard InChI is InChI=1S/C17H26BrN3O.ClH/c1-13(15-4-6-16(18)7-5-15)20-17(22)12-21-10-2-3-14(11-21)8-9-19;/h4-7,13-14H,2-3,8-12,19H2,1H3,(H,20,22);1H. The van der Waals surface area contributed by atoms with E-state index in [0.29, 0.717) is 12.5 Å². The van der Waals surface area contributed by atoms with Gasteiger partial charge in [-0.25, -0.2) is 0 Å². The molecular formula is C17H27BrClN3O. The lowest BCUT2D eigenvalue weighted by Crippen LogP contribution is -2.43. The van der Waals surface area contributed by atoms with Crippen molar-refractivity contribution in [2.45, 2.75) is 32.2 Å². The molecule has 1 fully saturated rings. The lowest BCUT2D eigenvalue weighted by molar-refractivity contribution is -0.123. The topological polar surface area (TPSA) is 58.4 Å². The Balaban J connectivity index is 0.00000264. The molecule has 4 nitrogen and oxygen atoms in total. The Kier molecular flexibility index (Phi) is 9.14. The van der Waals surface area contributed by atoms with Crippen molar-refractivity contribution in [1.29, 1.82) is 0 Å². The Morgan fingerprint density at radius 1 is 1.43 bits per heavy atom. The fraction of sp³-hybridized carbons (Fsp3) is 0.588. The van der Waals surface area contributed by atoms with Crippen LogP contribution in [-0.4, -0.2) is 37.0 Å². The lowest BCUT2D eigenvalue weighted by atomic mass is 9.95. The highest BCUT2D eigenvalue weighted by Gasteiger charge is 2.21. The van der Waals surface area contributed by atoms with E-state index in [2.05, 4.69) is 26.1 Å². The van der Waals surface area contributed by atoms with Crippen LogP contribution in [0.4, 0.5) is 0 Å². The summed E-state index contributed by atoms with van der Waals surface area (Å²) in [6.45, 7) is 5.26. The fourth-order valence-corrected chi connectivity index (χ4v) is 3.36. The zero-order valence-corrected chi connectivity index (χ0v) is 16.0. The molecule has 0 bridgehead atoms. The molecule has 130 valence electrons. The fourth-order valence-electron chi connectivity index (χ4n) is 3.09. The normalized spacial score (nSPS) is 19.7. The average molecular weight is 405 g/mol. The van der Waals surface area contributed by atoms with Crippen molar-refractivity contribution in [3.63, 3.8) is 0 Å². The Labute approximate surface area is 153 Å². The van der Waals surface area contributed by atoms with Crippen molar-refractivity contribution in [1.82, 2.24) is 10.2 Å². The summed E-state index contributed by atoms with van der Waals surface area (Å²) in [7, 11) is 0. The van der Waals surface area contributed by atoms with Gasteiger partial charge in [-0.2, -0.15) is 0 Å². The zero-order valence-electron chi connectivity index (χ0n) is 13.6. The predicted molar refractivity (Wildman–Crippen MR) is 101 cm³/mol. The molecule has 23 heavy (non-hydrogen) atoms. The number of hydrogen-bond donors (Lipinski definition) is 2. The van der Waals surface area contributed by atoms with E-state index in [1.165, 1.54) is 12.8 Å². The van der Waals surface area contributed by atoms with Crippen LogP contribution >= 0.6 is 28.3 Å². The van der Waals surface area contributed by atoms with Crippen LogP contribution in [0, 0.1) is 5.92 Å². The summed E-state index contributed by atoms with van der Waals surface area (Å²) < 4.78 is 1.05. The number of carbonyl (C=O) groups is 1. The third-order valence-corrected chi connectivity index (χ3v) is 4.82. The van der Waals surface area contributed by atoms with Gasteiger partial charge in [0, 0.05) is 11.0 Å². The summed E-state index contributed by atoms with van der Waals surface area (Å²) in [5.74, 6) is 0.749. The SMILES string of the molecule is CC(NC(=O)CN1CCCC(CCN)C1)c1ccc(Br)cc1.Cl. The second kappa shape index (κ2) is 10.3. The number of benzene rings is 1. The molecule has 1 aliphatic heterocycles. The van der Waals surface area contributed by atoms with Crippen LogP contribution in [0.15, 0.2) is 28.7 Å². The number of likely N-dealkylation sites (tertiary alicyclic amines) is 1. The molecule has 0 saturated carbocycles. The third-order valence-electron chi connectivity index (χ3n) is 4.29. The Hall–Kier alpha value is -0.620. The molecule has 0 radical (unpaired) electrons. The van der Waals surface area contributed by atoms with Crippen molar-refractivity contribution in [2.75, 3.05) is 26.2 Å². The van der Waals surface area contributed by atoms with E-state index in [4.69, 9.17) is 5.73 Å². The molecule has 1 saturated heterocycles. The van der Waals surface area contributed by atoms with E-state index >= 15 is 0 Å². The number of nitrogens with zero attached hydrogens (tertiary/aromatic N) is 1. The first-order valence-electron chi connectivity index (χ1n) is 8.05. The van der Waals surface area contributed by atoms with E-state index in [1.807, 2.05) is 31.2 Å². The maximum atomic E-state index is 12.2. The number of amides is 1. The third kappa shape index (κ3) is 6.79. The molecule has 1 heterocycles. The zero-order chi connectivity index (χ0) is 15.9. The Bertz CT molecular complexity index is 481. The molecule has 0 aliphatic carbocycles. The molecule has 6 heteroatoms. The summed E-state index contributed by atoms with van der Waals surface area (Å²) in [5, 5.41) is 3.09. The average Bonchev–Trinajstić information content (AvgIpc) is 2.48. The van der Waals surface area contributed by atoms with Crippen molar-refractivity contribution >= 4 is 34.2 Å². The molecule has 2 unspecified atom stereocenters. The Morgan fingerprint density at radius 3 is 2.78 bits per heavy atom. The van der Waals surface area contributed by atoms with Gasteiger partial charge in [-0.05, 0) is 62.9 Å². The molecule has 1 amide bonds. The van der Waals surface area contributed by atoms with Crippen LogP contribution in [-0.2, 0) is 4.79 Å². The van der Waals surface area contributed by atoms with E-state index in [-0.39, 0.29) is 24.4 Å². The molecule has 1 aromatic rings. The van der Waals surface area contributed by atoms with Gasteiger partial charge >= 0.3 is 0 Å². The maximum Gasteiger partial charge on any atom is 0.234 e. The summed E-state index contributed by atoms with van der Waals surface area (Å²) in [6, 6.07) is 8.10. The lowest BCUT2D eigenvalue weighted by Gasteiger charge is -2.32. The van der Waals surface area contributed by atoms with Crippen LogP contribution in [0.1, 0.15) is 37.8 Å². The molecule has 2 rings (SSSR count). The molecule has 2 atom stereocenters. The van der Waals surface area contributed by atoms with Gasteiger partial charge in [0.05, 0.1) is 12.6 Å². The van der Waals surface area contributed by atoms with Crippen molar-refractivity contribution < 1.29 is 4.79 Å². The number of carbonyl (C=O) groups excluding carboxylic acids is 1. The highest BCUT2D eigenvalue weighted by molar-refractivity contribution is 9.10. The second-order valence-electron chi connectivity index (χ2n) is 6.16. The Morgan fingerprint density at radius 2 is 2.13 bits per heavy atom. The van der Waals surface area contributed by atoms with Crippen LogP contribution in [0.2, 0.25) is 0 Å². The quantitative estimate of drug-likeness (QED) is 0.766. The highest BCUT2D eigenvalue weighted by atomic mass is 79.9. The highest BCUT2D eigenvalue weighted by Crippen LogP contribution is 2.19. The number of rotatable bonds is 6. The van der Waals surface area contributed by atoms with E-state index in [9.17, 15) is 4.79 Å². The summed E-state index contributed by atoms with van der Waals surface area (Å²) >= 11 is 3.43. The molecule has 1 aliphatic rings. The van der Waals surface area contributed by atoms with Gasteiger partial charge < -0.3 is 11.1 Å². The molecule has 1 aromatic carbocycles. The number of nitrogens with two attached hydrogens (primary N) is 1. The molecule has 3 N–H and O–H groups in total. The van der Waals surface area contributed by atoms with Crippen molar-refractivity contribution in [3.05, 3.63) is 34.3 Å². The van der Waals surface area contributed by atoms with Gasteiger partial charge in [-0.15, -0.1) is 12.4 Å². The van der Waals surface area contributed by atoms with E-state index in [0.717, 1.165) is 36.1 Å². The number of halogens is 2. The maximum absolute atomic E-state index is 12.2. The first-order chi connectivity index (χ1) is 10.6. The van der Waals surface area contributed by atoms with Gasteiger partial charge in [0.25, 0.3) is 0 Å². The molecular weight excluding hydrogens is 378 g/mol. The number of hydrogen-bond acceptors (Lipinski definition) is 3. The van der Waals surface area contributed by atoms with Gasteiger partial charge in [-0.3, -0.25) is 9.69 Å². The first kappa shape index (κ1) is 20.4. The van der Waals surface area contributed by atoms with E-state index < -0.39 is 0 Å². The minimum absolute atomic E-state index is 0. The minimum Gasteiger partial charge on any atom is -0.348 e. The monoisotopic (exact) mass is 403 g/mol. The van der Waals surface area contributed by atoms with Crippen LogP contribution in [0.25, 0.3) is 0 Å². The number of piperidine rings is 1. The van der Waals surface area contributed by atoms with E-state index in [1.54, 1.807) is 0 Å². The van der Waals surface area contributed by atoms with Crippen LogP contribution in [0.3, 0.4) is 0 Å². The van der Waals surface area contributed by atoms with Gasteiger partial charge in [0.1, 0.15) is 0 Å². The first-order valence-corrected chi connectivity index (χ1v) is 8.85. The van der Waals surface area contributed by atoms with Gasteiger partial charge in [0.2, 0.25) is 5.91 Å². The molecule has 0 aromatic heterocycles. The largest absolute Gasteiger partial charge is 0.348 e. The van der Waals surface area contributed by atoms with Crippen molar-refractivity contribution in [3.8, 4) is 0 Å². The summed E-state index contributed by atoms with van der Waals surface area (Å²) in [4.78, 5) is 14.5. The summed E-state index contributed by atoms with van der Waals surface area (Å²) in [5.41, 5.74) is 6.77. The van der Waals surface area contributed by atoms with Gasteiger partial charge in [-0.1, -0.05) is 28.1 Å². The predicted octanol–water partition coefficient (Wildman–Crippen LogP) is 3.11. The van der Waals surface area contributed by atoms with Crippen molar-refractivity contribution in [2.24, 2.45) is 11.7 Å². The second-order valence-corrected chi connectivity index (χ2v) is 7.08.